The predicted octanol–water partition coefficient (Wildman–Crippen LogP) is 2.58. The van der Waals surface area contributed by atoms with Crippen LogP contribution < -0.4 is 10.5 Å². The lowest BCUT2D eigenvalue weighted by atomic mass is 10.0. The van der Waals surface area contributed by atoms with E-state index in [0.717, 1.165) is 10.0 Å². The summed E-state index contributed by atoms with van der Waals surface area (Å²) in [5.74, 6) is -1.24. The van der Waals surface area contributed by atoms with Crippen molar-refractivity contribution in [1.29, 1.82) is 0 Å². The van der Waals surface area contributed by atoms with Crippen molar-refractivity contribution in [3.8, 4) is 5.75 Å². The molecule has 0 saturated carbocycles. The summed E-state index contributed by atoms with van der Waals surface area (Å²) in [5.41, 5.74) is 6.24. The van der Waals surface area contributed by atoms with E-state index in [2.05, 4.69) is 4.98 Å². The Morgan fingerprint density at radius 1 is 1.22 bits per heavy atom. The summed E-state index contributed by atoms with van der Waals surface area (Å²) in [6, 6.07) is 8.18. The van der Waals surface area contributed by atoms with E-state index in [1.165, 1.54) is 51.3 Å². The van der Waals surface area contributed by atoms with Gasteiger partial charge in [-0.25, -0.2) is 21.8 Å². The van der Waals surface area contributed by atoms with E-state index in [0.29, 0.717) is 5.52 Å². The van der Waals surface area contributed by atoms with Crippen LogP contribution in [0.1, 0.15) is 29.8 Å². The minimum absolute atomic E-state index is 0.117. The first-order valence-corrected chi connectivity index (χ1v) is 9.57. The van der Waals surface area contributed by atoms with Gasteiger partial charge >= 0.3 is 0 Å². The molecule has 0 aliphatic heterocycles. The van der Waals surface area contributed by atoms with Gasteiger partial charge in [-0.3, -0.25) is 4.79 Å². The Morgan fingerprint density at radius 2 is 1.93 bits per heavy atom. The van der Waals surface area contributed by atoms with Crippen LogP contribution >= 0.6 is 0 Å². The Bertz CT molecular complexity index is 1150. The van der Waals surface area contributed by atoms with Crippen LogP contribution in [0.5, 0.6) is 5.75 Å². The highest BCUT2D eigenvalue weighted by Crippen LogP contribution is 2.25. The molecule has 3 rings (SSSR count). The maximum Gasteiger partial charge on any atom is 0.244 e. The third-order valence-electron chi connectivity index (χ3n) is 4.17. The number of rotatable bonds is 5. The van der Waals surface area contributed by atoms with Crippen LogP contribution in [0.25, 0.3) is 11.0 Å². The van der Waals surface area contributed by atoms with Crippen molar-refractivity contribution in [1.82, 2.24) is 8.96 Å². The van der Waals surface area contributed by atoms with E-state index in [1.54, 1.807) is 0 Å². The number of nitrogen functional groups attached to an aromatic ring is 1. The van der Waals surface area contributed by atoms with Gasteiger partial charge in [-0.15, -0.1) is 0 Å². The van der Waals surface area contributed by atoms with Gasteiger partial charge in [-0.2, -0.15) is 0 Å². The van der Waals surface area contributed by atoms with Crippen molar-refractivity contribution >= 4 is 32.8 Å². The van der Waals surface area contributed by atoms with E-state index in [4.69, 9.17) is 10.5 Å². The topological polar surface area (TPSA) is 104 Å². The zero-order valence-electron chi connectivity index (χ0n) is 14.9. The number of nitrogens with two attached hydrogens (primary N) is 1. The number of nitrogens with zero attached hydrogens (tertiary/aromatic N) is 2. The predicted molar refractivity (Wildman–Crippen MR) is 100.0 cm³/mol. The highest BCUT2D eigenvalue weighted by atomic mass is 32.2. The van der Waals surface area contributed by atoms with Crippen molar-refractivity contribution in [3.63, 3.8) is 0 Å². The number of halogens is 1. The first-order valence-electron chi connectivity index (χ1n) is 8.07. The number of methoxy groups -OCH3 is 1. The summed E-state index contributed by atoms with van der Waals surface area (Å²) in [4.78, 5) is 16.8. The molecule has 0 radical (unpaired) electrons. The SMILES string of the molecule is COc1ccc(C(=O)c2ccc3nc(N)n(S(=O)(=O)C(C)C)c3c2)c(F)c1. The summed E-state index contributed by atoms with van der Waals surface area (Å²) in [7, 11) is -2.39. The molecule has 0 spiro atoms. The third kappa shape index (κ3) is 3.14. The number of ether oxygens (including phenoxy) is 1. The van der Waals surface area contributed by atoms with Crippen molar-refractivity contribution < 1.29 is 22.3 Å². The Hall–Kier alpha value is -2.94. The number of carbonyl (C=O) groups is 1. The number of carbonyl (C=O) groups excluding carboxylic acids is 1. The van der Waals surface area contributed by atoms with Gasteiger partial charge in [-0.1, -0.05) is 0 Å². The first kappa shape index (κ1) is 18.8. The molecule has 0 amide bonds. The van der Waals surface area contributed by atoms with Gasteiger partial charge in [0.25, 0.3) is 0 Å². The number of ketones is 1. The monoisotopic (exact) mass is 391 g/mol. The molecule has 0 saturated heterocycles. The van der Waals surface area contributed by atoms with Crippen molar-refractivity contribution in [2.45, 2.75) is 19.1 Å². The van der Waals surface area contributed by atoms with Gasteiger partial charge in [-0.05, 0) is 44.2 Å². The number of benzene rings is 2. The maximum atomic E-state index is 14.2. The molecular formula is C18H18FN3O4S. The van der Waals surface area contributed by atoms with E-state index in [9.17, 15) is 17.6 Å². The Morgan fingerprint density at radius 3 is 2.52 bits per heavy atom. The molecule has 1 aromatic heterocycles. The lowest BCUT2D eigenvalue weighted by Crippen LogP contribution is -2.23. The molecule has 2 aromatic carbocycles. The van der Waals surface area contributed by atoms with Crippen LogP contribution in [0.2, 0.25) is 0 Å². The van der Waals surface area contributed by atoms with Gasteiger partial charge in [0.05, 0.1) is 29.0 Å². The second-order valence-electron chi connectivity index (χ2n) is 6.21. The van der Waals surface area contributed by atoms with E-state index in [1.807, 2.05) is 0 Å². The largest absolute Gasteiger partial charge is 0.497 e. The maximum absolute atomic E-state index is 14.2. The summed E-state index contributed by atoms with van der Waals surface area (Å²) >= 11 is 0. The molecule has 0 fully saturated rings. The lowest BCUT2D eigenvalue weighted by Gasteiger charge is -2.11. The molecule has 142 valence electrons. The Balaban J connectivity index is 2.16. The molecule has 0 aliphatic carbocycles. The minimum atomic E-state index is -3.79. The Labute approximate surface area is 155 Å². The zero-order valence-corrected chi connectivity index (χ0v) is 15.7. The summed E-state index contributed by atoms with van der Waals surface area (Å²) in [5, 5.41) is -0.740. The molecule has 1 heterocycles. The van der Waals surface area contributed by atoms with Gasteiger partial charge in [0.15, 0.2) is 5.78 Å². The third-order valence-corrected chi connectivity index (χ3v) is 6.25. The molecule has 0 bridgehead atoms. The fourth-order valence-corrected chi connectivity index (χ4v) is 3.80. The quantitative estimate of drug-likeness (QED) is 0.671. The van der Waals surface area contributed by atoms with Crippen molar-refractivity contribution in [3.05, 3.63) is 53.3 Å². The summed E-state index contributed by atoms with van der Waals surface area (Å²) < 4.78 is 45.2. The number of anilines is 1. The molecule has 0 unspecified atom stereocenters. The van der Waals surface area contributed by atoms with Gasteiger partial charge < -0.3 is 10.5 Å². The second kappa shape index (κ2) is 6.66. The molecule has 3 aromatic rings. The molecule has 0 atom stereocenters. The number of fused-ring (bicyclic) bond motifs is 1. The van der Waals surface area contributed by atoms with Gasteiger partial charge in [0.1, 0.15) is 11.6 Å². The number of aromatic nitrogens is 2. The van der Waals surface area contributed by atoms with Crippen LogP contribution in [0.3, 0.4) is 0 Å². The first-order chi connectivity index (χ1) is 12.7. The van der Waals surface area contributed by atoms with Crippen LogP contribution in [-0.2, 0) is 10.0 Å². The minimum Gasteiger partial charge on any atom is -0.497 e. The van der Waals surface area contributed by atoms with Gasteiger partial charge in [0.2, 0.25) is 16.0 Å². The number of imidazole rings is 1. The van der Waals surface area contributed by atoms with E-state index >= 15 is 0 Å². The van der Waals surface area contributed by atoms with Crippen LogP contribution in [-0.4, -0.2) is 35.5 Å². The highest BCUT2D eigenvalue weighted by molar-refractivity contribution is 7.90. The molecule has 9 heteroatoms. The summed E-state index contributed by atoms with van der Waals surface area (Å²) in [6.45, 7) is 3.03. The van der Waals surface area contributed by atoms with Crippen LogP contribution in [0.15, 0.2) is 36.4 Å². The van der Waals surface area contributed by atoms with E-state index in [-0.39, 0.29) is 28.3 Å². The lowest BCUT2D eigenvalue weighted by molar-refractivity contribution is 0.103. The fraction of sp³-hybridized carbons (Fsp3) is 0.222. The molecule has 7 nitrogen and oxygen atoms in total. The zero-order chi connectivity index (χ0) is 19.9. The smallest absolute Gasteiger partial charge is 0.244 e. The number of hydrogen-bond donors (Lipinski definition) is 1. The van der Waals surface area contributed by atoms with E-state index < -0.39 is 26.9 Å². The van der Waals surface area contributed by atoms with Gasteiger partial charge in [0, 0.05) is 11.6 Å². The van der Waals surface area contributed by atoms with Crippen molar-refractivity contribution in [2.75, 3.05) is 12.8 Å². The van der Waals surface area contributed by atoms with Crippen LogP contribution in [0.4, 0.5) is 10.3 Å². The standard InChI is InChI=1S/C18H18FN3O4S/c1-10(2)27(24,25)22-16-8-11(4-7-15(16)21-18(22)20)17(23)13-6-5-12(26-3)9-14(13)19/h4-10H,1-3H3,(H2,20,21). The molecule has 0 aliphatic rings. The normalized spacial score (nSPS) is 11.9. The number of hydrogen-bond acceptors (Lipinski definition) is 6. The summed E-state index contributed by atoms with van der Waals surface area (Å²) in [6.07, 6.45) is 0. The average molecular weight is 391 g/mol. The van der Waals surface area contributed by atoms with Crippen LogP contribution in [0, 0.1) is 5.82 Å². The fourth-order valence-electron chi connectivity index (χ4n) is 2.65. The Kier molecular flexibility index (Phi) is 4.64. The average Bonchev–Trinajstić information content (AvgIpc) is 2.96. The molecular weight excluding hydrogens is 373 g/mol. The molecule has 27 heavy (non-hydrogen) atoms. The highest BCUT2D eigenvalue weighted by Gasteiger charge is 2.25. The van der Waals surface area contributed by atoms with Crippen molar-refractivity contribution in [2.24, 2.45) is 0 Å². The molecule has 2 N–H and O–H groups in total. The second-order valence-corrected chi connectivity index (χ2v) is 8.54.